The number of hydrogen-bond donors (Lipinski definition) is 2. The van der Waals surface area contributed by atoms with Gasteiger partial charge >= 0.3 is 0 Å². The number of thiophene rings is 1. The molecule has 0 saturated carbocycles. The Labute approximate surface area is 179 Å². The molecule has 0 bridgehead atoms. The minimum Gasteiger partial charge on any atom is -0.350 e. The molecule has 1 heterocycles. The Kier molecular flexibility index (Phi) is 7.14. The van der Waals surface area contributed by atoms with Crippen molar-refractivity contribution in [3.05, 3.63) is 98.6 Å². The number of rotatable bonds is 7. The largest absolute Gasteiger partial charge is 0.350 e. The zero-order valence-corrected chi connectivity index (χ0v) is 17.7. The van der Waals surface area contributed by atoms with E-state index in [9.17, 15) is 14.0 Å². The Morgan fingerprint density at radius 3 is 2.57 bits per heavy atom. The van der Waals surface area contributed by atoms with Crippen LogP contribution in [-0.2, 0) is 11.2 Å². The van der Waals surface area contributed by atoms with Crippen LogP contribution in [0.4, 0.5) is 4.39 Å². The molecule has 2 N–H and O–H groups in total. The highest BCUT2D eigenvalue weighted by Crippen LogP contribution is 2.14. The normalized spacial score (nSPS) is 11.2. The molecule has 2 aromatic carbocycles. The van der Waals surface area contributed by atoms with Crippen molar-refractivity contribution >= 4 is 29.2 Å². The van der Waals surface area contributed by atoms with E-state index < -0.39 is 5.91 Å². The van der Waals surface area contributed by atoms with Gasteiger partial charge in [-0.25, -0.2) is 4.39 Å². The Bertz CT molecular complexity index is 1070. The molecule has 1 aromatic heterocycles. The summed E-state index contributed by atoms with van der Waals surface area (Å²) < 4.78 is 13.3. The lowest BCUT2D eigenvalue weighted by molar-refractivity contribution is -0.117. The third-order valence-corrected chi connectivity index (χ3v) is 5.50. The molecule has 0 atom stereocenters. The van der Waals surface area contributed by atoms with E-state index in [0.29, 0.717) is 18.5 Å². The number of hydrogen-bond acceptors (Lipinski definition) is 3. The summed E-state index contributed by atoms with van der Waals surface area (Å²) in [6.45, 7) is 4.24. The molecule has 154 valence electrons. The van der Waals surface area contributed by atoms with Crippen molar-refractivity contribution in [3.63, 3.8) is 0 Å². The van der Waals surface area contributed by atoms with Crippen LogP contribution < -0.4 is 10.6 Å². The summed E-state index contributed by atoms with van der Waals surface area (Å²) in [6.07, 6.45) is 2.14. The monoisotopic (exact) mass is 422 g/mol. The second kappa shape index (κ2) is 9.98. The number of benzene rings is 2. The molecule has 0 aliphatic carbocycles. The molecule has 3 rings (SSSR count). The van der Waals surface area contributed by atoms with Crippen molar-refractivity contribution in [2.24, 2.45) is 0 Å². The first-order chi connectivity index (χ1) is 14.4. The molecule has 4 nitrogen and oxygen atoms in total. The van der Waals surface area contributed by atoms with Crippen LogP contribution in [0, 0.1) is 19.7 Å². The summed E-state index contributed by atoms with van der Waals surface area (Å²) in [5.41, 5.74) is 3.54. The molecule has 0 aliphatic heterocycles. The second-order valence-electron chi connectivity index (χ2n) is 6.96. The summed E-state index contributed by atoms with van der Waals surface area (Å²) in [5, 5.41) is 7.43. The Morgan fingerprint density at radius 2 is 1.87 bits per heavy atom. The molecule has 0 fully saturated rings. The molecule has 0 spiro atoms. The van der Waals surface area contributed by atoms with Crippen molar-refractivity contribution in [1.29, 1.82) is 0 Å². The SMILES string of the molecule is Cc1ccc(C(=O)NC(=Cc2cccs2)C(=O)NCCc2cccc(F)c2)cc1C. The van der Waals surface area contributed by atoms with Gasteiger partial charge in [-0.05, 0) is 78.7 Å². The first-order valence-corrected chi connectivity index (χ1v) is 10.5. The van der Waals surface area contributed by atoms with Crippen molar-refractivity contribution in [2.45, 2.75) is 20.3 Å². The van der Waals surface area contributed by atoms with Crippen LogP contribution in [0.25, 0.3) is 6.08 Å². The van der Waals surface area contributed by atoms with Gasteiger partial charge in [0.2, 0.25) is 0 Å². The van der Waals surface area contributed by atoms with E-state index in [1.165, 1.54) is 23.5 Å². The van der Waals surface area contributed by atoms with Crippen LogP contribution in [0.3, 0.4) is 0 Å². The fourth-order valence-electron chi connectivity index (χ4n) is 2.86. The van der Waals surface area contributed by atoms with E-state index in [1.54, 1.807) is 30.3 Å². The fraction of sp³-hybridized carbons (Fsp3) is 0.167. The van der Waals surface area contributed by atoms with E-state index in [2.05, 4.69) is 10.6 Å². The lowest BCUT2D eigenvalue weighted by Gasteiger charge is -2.12. The van der Waals surface area contributed by atoms with Crippen LogP contribution >= 0.6 is 11.3 Å². The summed E-state index contributed by atoms with van der Waals surface area (Å²) in [7, 11) is 0. The number of amides is 2. The highest BCUT2D eigenvalue weighted by molar-refractivity contribution is 7.10. The summed E-state index contributed by atoms with van der Waals surface area (Å²) in [5.74, 6) is -1.05. The van der Waals surface area contributed by atoms with Gasteiger partial charge in [-0.1, -0.05) is 24.3 Å². The molecule has 0 saturated heterocycles. The topological polar surface area (TPSA) is 58.2 Å². The summed E-state index contributed by atoms with van der Waals surface area (Å²) >= 11 is 1.47. The van der Waals surface area contributed by atoms with Crippen molar-refractivity contribution in [1.82, 2.24) is 10.6 Å². The lowest BCUT2D eigenvalue weighted by Crippen LogP contribution is -2.35. The Hall–Kier alpha value is -3.25. The molecular weight excluding hydrogens is 399 g/mol. The maximum absolute atomic E-state index is 13.3. The third kappa shape index (κ3) is 5.87. The van der Waals surface area contributed by atoms with Gasteiger partial charge in [0.05, 0.1) is 0 Å². The maximum Gasteiger partial charge on any atom is 0.267 e. The highest BCUT2D eigenvalue weighted by Gasteiger charge is 2.15. The van der Waals surface area contributed by atoms with E-state index in [4.69, 9.17) is 0 Å². The second-order valence-corrected chi connectivity index (χ2v) is 7.94. The molecule has 0 aliphatic rings. The van der Waals surface area contributed by atoms with Gasteiger partial charge in [0, 0.05) is 17.0 Å². The minimum absolute atomic E-state index is 0.167. The van der Waals surface area contributed by atoms with Gasteiger partial charge in [-0.15, -0.1) is 11.3 Å². The molecule has 0 unspecified atom stereocenters. The van der Waals surface area contributed by atoms with Gasteiger partial charge in [-0.2, -0.15) is 0 Å². The van der Waals surface area contributed by atoms with Crippen LogP contribution in [0.5, 0.6) is 0 Å². The fourth-order valence-corrected chi connectivity index (χ4v) is 3.52. The molecular formula is C24H23FN2O2S. The number of aryl methyl sites for hydroxylation is 2. The molecule has 30 heavy (non-hydrogen) atoms. The van der Waals surface area contributed by atoms with Crippen molar-refractivity contribution in [2.75, 3.05) is 6.54 Å². The highest BCUT2D eigenvalue weighted by atomic mass is 32.1. The molecule has 6 heteroatoms. The predicted molar refractivity (Wildman–Crippen MR) is 119 cm³/mol. The van der Waals surface area contributed by atoms with Gasteiger partial charge < -0.3 is 10.6 Å². The predicted octanol–water partition coefficient (Wildman–Crippen LogP) is 4.63. The minimum atomic E-state index is -0.392. The van der Waals surface area contributed by atoms with E-state index in [1.807, 2.05) is 37.4 Å². The number of carbonyl (C=O) groups excluding carboxylic acids is 2. The first kappa shape index (κ1) is 21.5. The maximum atomic E-state index is 13.3. The average Bonchev–Trinajstić information content (AvgIpc) is 3.22. The first-order valence-electron chi connectivity index (χ1n) is 9.59. The summed E-state index contributed by atoms with van der Waals surface area (Å²) in [6, 6.07) is 15.4. The summed E-state index contributed by atoms with van der Waals surface area (Å²) in [4.78, 5) is 26.3. The van der Waals surface area contributed by atoms with Gasteiger partial charge in [0.25, 0.3) is 11.8 Å². The molecule has 3 aromatic rings. The van der Waals surface area contributed by atoms with Crippen LogP contribution in [0.2, 0.25) is 0 Å². The van der Waals surface area contributed by atoms with Gasteiger partial charge in [0.1, 0.15) is 11.5 Å². The van der Waals surface area contributed by atoms with Crippen molar-refractivity contribution < 1.29 is 14.0 Å². The van der Waals surface area contributed by atoms with E-state index >= 15 is 0 Å². The van der Waals surface area contributed by atoms with Crippen molar-refractivity contribution in [3.8, 4) is 0 Å². The Balaban J connectivity index is 1.71. The third-order valence-electron chi connectivity index (χ3n) is 4.68. The standard InChI is InChI=1S/C24H23FN2O2S/c1-16-8-9-19(13-17(16)2)23(28)27-22(15-21-7-4-12-30-21)24(29)26-11-10-18-5-3-6-20(25)14-18/h3-9,12-15H,10-11H2,1-2H3,(H,26,29)(H,27,28). The Morgan fingerprint density at radius 1 is 1.03 bits per heavy atom. The quantitative estimate of drug-likeness (QED) is 0.545. The number of halogens is 1. The lowest BCUT2D eigenvalue weighted by atomic mass is 10.1. The zero-order chi connectivity index (χ0) is 21.5. The van der Waals surface area contributed by atoms with E-state index in [0.717, 1.165) is 21.6 Å². The van der Waals surface area contributed by atoms with Crippen LogP contribution in [-0.4, -0.2) is 18.4 Å². The zero-order valence-electron chi connectivity index (χ0n) is 16.9. The smallest absolute Gasteiger partial charge is 0.267 e. The average molecular weight is 423 g/mol. The molecule has 0 radical (unpaired) electrons. The van der Waals surface area contributed by atoms with E-state index in [-0.39, 0.29) is 17.4 Å². The van der Waals surface area contributed by atoms with Gasteiger partial charge in [-0.3, -0.25) is 9.59 Å². The van der Waals surface area contributed by atoms with Crippen LogP contribution in [0.15, 0.2) is 65.7 Å². The van der Waals surface area contributed by atoms with Crippen LogP contribution in [0.1, 0.15) is 31.9 Å². The van der Waals surface area contributed by atoms with Gasteiger partial charge in [0.15, 0.2) is 0 Å². The molecule has 2 amide bonds. The number of carbonyl (C=O) groups is 2. The number of nitrogens with one attached hydrogen (secondary N) is 2.